The van der Waals surface area contributed by atoms with Gasteiger partial charge < -0.3 is 5.32 Å². The molecule has 13 heavy (non-hydrogen) atoms. The summed E-state index contributed by atoms with van der Waals surface area (Å²) >= 11 is 1.65. The van der Waals surface area contributed by atoms with E-state index in [4.69, 9.17) is 0 Å². The Kier molecular flexibility index (Phi) is 2.27. The van der Waals surface area contributed by atoms with Crippen molar-refractivity contribution in [3.05, 3.63) is 24.3 Å². The summed E-state index contributed by atoms with van der Waals surface area (Å²) in [5.41, 5.74) is 0.946. The van der Waals surface area contributed by atoms with Crippen LogP contribution in [-0.2, 0) is 4.79 Å². The van der Waals surface area contributed by atoms with Crippen molar-refractivity contribution in [3.63, 3.8) is 0 Å². The maximum Gasteiger partial charge on any atom is 0.237 e. The number of benzene rings is 1. The Labute approximate surface area is 81.7 Å². The van der Waals surface area contributed by atoms with Crippen molar-refractivity contribution in [3.8, 4) is 0 Å². The van der Waals surface area contributed by atoms with E-state index in [0.717, 1.165) is 12.1 Å². The van der Waals surface area contributed by atoms with Gasteiger partial charge in [-0.25, -0.2) is 0 Å². The average molecular weight is 193 g/mol. The first kappa shape index (κ1) is 8.63. The van der Waals surface area contributed by atoms with E-state index < -0.39 is 0 Å². The molecule has 1 aromatic rings. The van der Waals surface area contributed by atoms with Gasteiger partial charge in [0.2, 0.25) is 5.91 Å². The Morgan fingerprint density at radius 3 is 3.00 bits per heavy atom. The van der Waals surface area contributed by atoms with Gasteiger partial charge in [-0.05, 0) is 18.6 Å². The molecule has 1 aliphatic rings. The summed E-state index contributed by atoms with van der Waals surface area (Å²) in [6.07, 6.45) is 0.880. The number of rotatable bonds is 1. The fraction of sp³-hybridized carbons (Fsp3) is 0.300. The number of hydrogen-bond donors (Lipinski definition) is 1. The molecule has 1 aliphatic heterocycles. The molecule has 0 spiro atoms. The van der Waals surface area contributed by atoms with Crippen LogP contribution in [0.15, 0.2) is 29.2 Å². The summed E-state index contributed by atoms with van der Waals surface area (Å²) in [5.74, 6) is 0.131. The van der Waals surface area contributed by atoms with Crippen LogP contribution in [0.5, 0.6) is 0 Å². The second-order valence-electron chi connectivity index (χ2n) is 3.00. The molecule has 1 N–H and O–H groups in total. The van der Waals surface area contributed by atoms with Crippen LogP contribution in [-0.4, -0.2) is 11.2 Å². The topological polar surface area (TPSA) is 29.1 Å². The Balaban J connectivity index is 2.33. The fourth-order valence-electron chi connectivity index (χ4n) is 1.36. The Bertz CT molecular complexity index is 337. The van der Waals surface area contributed by atoms with Crippen molar-refractivity contribution >= 4 is 23.4 Å². The molecule has 0 saturated heterocycles. The van der Waals surface area contributed by atoms with Gasteiger partial charge >= 0.3 is 0 Å². The average Bonchev–Trinajstić information content (AvgIpc) is 2.17. The van der Waals surface area contributed by atoms with E-state index in [1.54, 1.807) is 11.8 Å². The van der Waals surface area contributed by atoms with E-state index in [-0.39, 0.29) is 11.2 Å². The molecule has 68 valence electrons. The van der Waals surface area contributed by atoms with Gasteiger partial charge in [-0.1, -0.05) is 19.1 Å². The van der Waals surface area contributed by atoms with Crippen LogP contribution in [0.25, 0.3) is 0 Å². The lowest BCUT2D eigenvalue weighted by molar-refractivity contribution is -0.115. The zero-order valence-electron chi connectivity index (χ0n) is 7.41. The van der Waals surface area contributed by atoms with E-state index >= 15 is 0 Å². The SMILES string of the molecule is CCC1Sc2ccccc2NC1=O. The summed E-state index contributed by atoms with van der Waals surface area (Å²) in [4.78, 5) is 12.6. The van der Waals surface area contributed by atoms with Crippen LogP contribution in [0.3, 0.4) is 0 Å². The lowest BCUT2D eigenvalue weighted by Crippen LogP contribution is -2.28. The first-order valence-electron chi connectivity index (χ1n) is 4.38. The number of hydrogen-bond acceptors (Lipinski definition) is 2. The maximum atomic E-state index is 11.5. The summed E-state index contributed by atoms with van der Waals surface area (Å²) in [6, 6.07) is 7.91. The molecule has 3 heteroatoms. The molecule has 0 radical (unpaired) electrons. The normalized spacial score (nSPS) is 20.7. The minimum Gasteiger partial charge on any atom is -0.324 e. The molecule has 1 aromatic carbocycles. The molecule has 2 nitrogen and oxygen atoms in total. The molecule has 0 saturated carbocycles. The highest BCUT2D eigenvalue weighted by Gasteiger charge is 2.24. The predicted octanol–water partition coefficient (Wildman–Crippen LogP) is 2.51. The van der Waals surface area contributed by atoms with E-state index in [2.05, 4.69) is 5.32 Å². The van der Waals surface area contributed by atoms with Gasteiger partial charge in [0.1, 0.15) is 0 Å². The van der Waals surface area contributed by atoms with Crippen molar-refractivity contribution in [2.75, 3.05) is 5.32 Å². The zero-order chi connectivity index (χ0) is 9.26. The van der Waals surface area contributed by atoms with Crippen LogP contribution in [0, 0.1) is 0 Å². The molecular weight excluding hydrogens is 182 g/mol. The van der Waals surface area contributed by atoms with Crippen LogP contribution in [0.2, 0.25) is 0 Å². The second-order valence-corrected chi connectivity index (χ2v) is 4.24. The number of amides is 1. The molecular formula is C10H11NOS. The number of fused-ring (bicyclic) bond motifs is 1. The summed E-state index contributed by atoms with van der Waals surface area (Å²) < 4.78 is 0. The van der Waals surface area contributed by atoms with E-state index in [0.29, 0.717) is 0 Å². The van der Waals surface area contributed by atoms with Gasteiger partial charge in [0.05, 0.1) is 10.9 Å². The van der Waals surface area contributed by atoms with Gasteiger partial charge in [-0.2, -0.15) is 0 Å². The number of thioether (sulfide) groups is 1. The van der Waals surface area contributed by atoms with E-state index in [9.17, 15) is 4.79 Å². The molecule has 1 heterocycles. The number of anilines is 1. The Morgan fingerprint density at radius 2 is 2.23 bits per heavy atom. The number of nitrogens with one attached hydrogen (secondary N) is 1. The molecule has 2 rings (SSSR count). The minimum absolute atomic E-state index is 0.0786. The minimum atomic E-state index is 0.0786. The first-order valence-corrected chi connectivity index (χ1v) is 5.25. The van der Waals surface area contributed by atoms with Crippen molar-refractivity contribution < 1.29 is 4.79 Å². The highest BCUT2D eigenvalue weighted by Crippen LogP contribution is 2.36. The van der Waals surface area contributed by atoms with Gasteiger partial charge in [0.25, 0.3) is 0 Å². The van der Waals surface area contributed by atoms with Gasteiger partial charge in [-0.3, -0.25) is 4.79 Å². The quantitative estimate of drug-likeness (QED) is 0.742. The third-order valence-electron chi connectivity index (χ3n) is 2.08. The smallest absolute Gasteiger partial charge is 0.237 e. The molecule has 0 aliphatic carbocycles. The molecule has 1 atom stereocenters. The van der Waals surface area contributed by atoms with Crippen LogP contribution in [0.4, 0.5) is 5.69 Å². The molecule has 1 amide bonds. The fourth-order valence-corrected chi connectivity index (χ4v) is 2.40. The van der Waals surface area contributed by atoms with E-state index in [1.807, 2.05) is 31.2 Å². The highest BCUT2D eigenvalue weighted by atomic mass is 32.2. The Morgan fingerprint density at radius 1 is 1.46 bits per heavy atom. The van der Waals surface area contributed by atoms with Gasteiger partial charge in [0, 0.05) is 4.90 Å². The highest BCUT2D eigenvalue weighted by molar-refractivity contribution is 8.01. The van der Waals surface area contributed by atoms with Crippen molar-refractivity contribution in [2.45, 2.75) is 23.5 Å². The standard InChI is InChI=1S/C10H11NOS/c1-2-8-10(12)11-7-5-3-4-6-9(7)13-8/h3-6,8H,2H2,1H3,(H,11,12). The van der Waals surface area contributed by atoms with Gasteiger partial charge in [-0.15, -0.1) is 11.8 Å². The molecule has 1 unspecified atom stereocenters. The third kappa shape index (κ3) is 1.56. The van der Waals surface area contributed by atoms with Crippen LogP contribution < -0.4 is 5.32 Å². The largest absolute Gasteiger partial charge is 0.324 e. The van der Waals surface area contributed by atoms with Crippen LogP contribution in [0.1, 0.15) is 13.3 Å². The summed E-state index contributed by atoms with van der Waals surface area (Å²) in [7, 11) is 0. The first-order chi connectivity index (χ1) is 6.31. The second kappa shape index (κ2) is 3.42. The third-order valence-corrected chi connectivity index (χ3v) is 3.52. The van der Waals surface area contributed by atoms with Crippen molar-refractivity contribution in [1.82, 2.24) is 0 Å². The number of para-hydroxylation sites is 1. The number of carbonyl (C=O) groups excluding carboxylic acids is 1. The lowest BCUT2D eigenvalue weighted by atomic mass is 10.2. The van der Waals surface area contributed by atoms with E-state index in [1.165, 1.54) is 4.90 Å². The monoisotopic (exact) mass is 193 g/mol. The molecule has 0 aromatic heterocycles. The van der Waals surface area contributed by atoms with Crippen LogP contribution >= 0.6 is 11.8 Å². The molecule has 0 fully saturated rings. The Hall–Kier alpha value is -0.960. The number of carbonyl (C=O) groups is 1. The maximum absolute atomic E-state index is 11.5. The predicted molar refractivity (Wildman–Crippen MR) is 55.0 cm³/mol. The lowest BCUT2D eigenvalue weighted by Gasteiger charge is -2.22. The van der Waals surface area contributed by atoms with Crippen molar-refractivity contribution in [1.29, 1.82) is 0 Å². The van der Waals surface area contributed by atoms with Crippen molar-refractivity contribution in [2.24, 2.45) is 0 Å². The zero-order valence-corrected chi connectivity index (χ0v) is 8.23. The molecule has 0 bridgehead atoms. The summed E-state index contributed by atoms with van der Waals surface area (Å²) in [6.45, 7) is 2.03. The summed E-state index contributed by atoms with van der Waals surface area (Å²) in [5, 5.41) is 2.98. The van der Waals surface area contributed by atoms with Gasteiger partial charge in [0.15, 0.2) is 0 Å².